The van der Waals surface area contributed by atoms with E-state index in [1.807, 2.05) is 0 Å². The first-order valence-electron chi connectivity index (χ1n) is 4.59. The zero-order chi connectivity index (χ0) is 10.1. The molecule has 0 aromatic heterocycles. The number of ether oxygens (including phenoxy) is 1. The Morgan fingerprint density at radius 3 is 2.79 bits per heavy atom. The maximum Gasteiger partial charge on any atom is 0.407 e. The van der Waals surface area contributed by atoms with Gasteiger partial charge in [-0.15, -0.1) is 0 Å². The first kappa shape index (κ1) is 9.11. The summed E-state index contributed by atoms with van der Waals surface area (Å²) in [6, 6.07) is 0.0248. The number of hydrogen-bond donors (Lipinski definition) is 3. The lowest BCUT2D eigenvalue weighted by Crippen LogP contribution is -2.48. The molecule has 1 saturated carbocycles. The van der Waals surface area contributed by atoms with Crippen molar-refractivity contribution in [2.75, 3.05) is 6.54 Å². The van der Waals surface area contributed by atoms with Gasteiger partial charge in [0.1, 0.15) is 6.10 Å². The maximum atomic E-state index is 10.7. The van der Waals surface area contributed by atoms with Gasteiger partial charge in [0.25, 0.3) is 0 Å². The Bertz CT molecular complexity index is 262. The van der Waals surface area contributed by atoms with Gasteiger partial charge in [-0.2, -0.15) is 0 Å². The van der Waals surface area contributed by atoms with E-state index in [2.05, 4.69) is 10.6 Å². The van der Waals surface area contributed by atoms with Crippen molar-refractivity contribution in [2.24, 2.45) is 5.92 Å². The van der Waals surface area contributed by atoms with Crippen molar-refractivity contribution in [3.05, 3.63) is 0 Å². The van der Waals surface area contributed by atoms with Crippen LogP contribution in [0.1, 0.15) is 12.8 Å². The monoisotopic (exact) mass is 200 g/mol. The number of carbonyl (C=O) groups is 2. The fraction of sp³-hybridized carbons (Fsp3) is 0.750. The van der Waals surface area contributed by atoms with E-state index in [9.17, 15) is 9.59 Å². The minimum absolute atomic E-state index is 0.0248. The quantitative estimate of drug-likeness (QED) is 0.591. The number of alkyl carbamates (subject to hydrolysis) is 1. The number of nitrogens with one attached hydrogen (secondary N) is 2. The fourth-order valence-electron chi connectivity index (χ4n) is 1.93. The molecule has 1 aliphatic carbocycles. The highest BCUT2D eigenvalue weighted by Crippen LogP contribution is 2.32. The van der Waals surface area contributed by atoms with Crippen molar-refractivity contribution in [1.82, 2.24) is 10.6 Å². The average molecular weight is 200 g/mol. The molecule has 6 heteroatoms. The van der Waals surface area contributed by atoms with Gasteiger partial charge in [-0.1, -0.05) is 0 Å². The Morgan fingerprint density at radius 1 is 1.57 bits per heavy atom. The van der Waals surface area contributed by atoms with Crippen molar-refractivity contribution in [3.63, 3.8) is 0 Å². The molecule has 0 radical (unpaired) electrons. The molecule has 0 aromatic carbocycles. The van der Waals surface area contributed by atoms with Gasteiger partial charge >= 0.3 is 12.2 Å². The van der Waals surface area contributed by atoms with Crippen LogP contribution in [0.3, 0.4) is 0 Å². The van der Waals surface area contributed by atoms with Gasteiger partial charge in [0.15, 0.2) is 0 Å². The van der Waals surface area contributed by atoms with Crippen LogP contribution in [0.25, 0.3) is 0 Å². The highest BCUT2D eigenvalue weighted by atomic mass is 16.6. The van der Waals surface area contributed by atoms with Crippen molar-refractivity contribution in [2.45, 2.75) is 25.0 Å². The molecule has 2 fully saturated rings. The molecule has 14 heavy (non-hydrogen) atoms. The zero-order valence-electron chi connectivity index (χ0n) is 7.53. The summed E-state index contributed by atoms with van der Waals surface area (Å²) in [5.74, 6) is 0.297. The molecule has 0 aromatic rings. The van der Waals surface area contributed by atoms with Crippen molar-refractivity contribution in [3.8, 4) is 0 Å². The number of amides is 2. The van der Waals surface area contributed by atoms with Gasteiger partial charge in [0, 0.05) is 12.0 Å². The van der Waals surface area contributed by atoms with Crippen LogP contribution in [0.2, 0.25) is 0 Å². The molecule has 2 rings (SSSR count). The molecule has 2 aliphatic rings. The van der Waals surface area contributed by atoms with Crippen LogP contribution in [0, 0.1) is 5.92 Å². The third kappa shape index (κ3) is 1.73. The number of carboxylic acid groups (broad SMARTS) is 1. The SMILES string of the molecule is O=C(O)NC1CC(C2CNC(=O)O2)C1. The third-order valence-electron chi connectivity index (χ3n) is 2.73. The van der Waals surface area contributed by atoms with Crippen molar-refractivity contribution < 1.29 is 19.4 Å². The molecule has 0 bridgehead atoms. The third-order valence-corrected chi connectivity index (χ3v) is 2.73. The van der Waals surface area contributed by atoms with E-state index in [1.165, 1.54) is 0 Å². The van der Waals surface area contributed by atoms with Gasteiger partial charge in [-0.3, -0.25) is 0 Å². The topological polar surface area (TPSA) is 87.7 Å². The molecule has 0 spiro atoms. The molecule has 2 amide bonds. The lowest BCUT2D eigenvalue weighted by atomic mass is 9.77. The van der Waals surface area contributed by atoms with Crippen LogP contribution in [0.4, 0.5) is 9.59 Å². The van der Waals surface area contributed by atoms with Crippen LogP contribution in [0.5, 0.6) is 0 Å². The van der Waals surface area contributed by atoms with Crippen LogP contribution in [0.15, 0.2) is 0 Å². The molecular formula is C8H12N2O4. The molecule has 78 valence electrons. The van der Waals surface area contributed by atoms with Crippen LogP contribution >= 0.6 is 0 Å². The second-order valence-electron chi connectivity index (χ2n) is 3.70. The molecule has 1 atom stereocenters. The number of carbonyl (C=O) groups excluding carboxylic acids is 1. The first-order chi connectivity index (χ1) is 6.65. The Labute approximate surface area is 80.6 Å². The van der Waals surface area contributed by atoms with Crippen LogP contribution in [-0.2, 0) is 4.74 Å². The molecule has 1 unspecified atom stereocenters. The minimum atomic E-state index is -0.991. The standard InChI is InChI=1S/C8H12N2O4/c11-7(12)10-5-1-4(2-5)6-3-9-8(13)14-6/h4-6,10H,1-3H2,(H,9,13)(H,11,12). The number of cyclic esters (lactones) is 1. The molecule has 1 heterocycles. The maximum absolute atomic E-state index is 10.7. The van der Waals surface area contributed by atoms with E-state index < -0.39 is 6.09 Å². The summed E-state index contributed by atoms with van der Waals surface area (Å²) in [4.78, 5) is 21.0. The van der Waals surface area contributed by atoms with E-state index in [0.717, 1.165) is 12.8 Å². The minimum Gasteiger partial charge on any atom is -0.465 e. The highest BCUT2D eigenvalue weighted by Gasteiger charge is 2.40. The van der Waals surface area contributed by atoms with E-state index in [4.69, 9.17) is 9.84 Å². The molecule has 1 aliphatic heterocycles. The van der Waals surface area contributed by atoms with Crippen molar-refractivity contribution in [1.29, 1.82) is 0 Å². The van der Waals surface area contributed by atoms with E-state index in [-0.39, 0.29) is 18.2 Å². The normalized spacial score (nSPS) is 35.4. The lowest BCUT2D eigenvalue weighted by molar-refractivity contribution is 0.0533. The zero-order valence-corrected chi connectivity index (χ0v) is 7.53. The summed E-state index contributed by atoms with van der Waals surface area (Å²) in [6.45, 7) is 0.545. The second-order valence-corrected chi connectivity index (χ2v) is 3.70. The number of rotatable bonds is 2. The molecular weight excluding hydrogens is 188 g/mol. The van der Waals surface area contributed by atoms with Crippen LogP contribution in [-0.4, -0.2) is 36.0 Å². The summed E-state index contributed by atoms with van der Waals surface area (Å²) < 4.78 is 4.99. The van der Waals surface area contributed by atoms with Gasteiger partial charge in [0.05, 0.1) is 6.54 Å². The van der Waals surface area contributed by atoms with E-state index in [1.54, 1.807) is 0 Å². The summed E-state index contributed by atoms with van der Waals surface area (Å²) in [5.41, 5.74) is 0. The highest BCUT2D eigenvalue weighted by molar-refractivity contribution is 5.69. The summed E-state index contributed by atoms with van der Waals surface area (Å²) in [6.07, 6.45) is 0.0756. The Morgan fingerprint density at radius 2 is 2.29 bits per heavy atom. The lowest BCUT2D eigenvalue weighted by Gasteiger charge is -2.37. The molecule has 1 saturated heterocycles. The van der Waals surface area contributed by atoms with Gasteiger partial charge in [-0.05, 0) is 12.8 Å². The Hall–Kier alpha value is -1.46. The van der Waals surface area contributed by atoms with Gasteiger partial charge in [0.2, 0.25) is 0 Å². The van der Waals surface area contributed by atoms with Gasteiger partial charge in [-0.25, -0.2) is 9.59 Å². The fourth-order valence-corrected chi connectivity index (χ4v) is 1.93. The van der Waals surface area contributed by atoms with Crippen molar-refractivity contribution >= 4 is 12.2 Å². The average Bonchev–Trinajstić information content (AvgIpc) is 2.42. The van der Waals surface area contributed by atoms with Gasteiger partial charge < -0.3 is 20.5 Å². The summed E-state index contributed by atoms with van der Waals surface area (Å²) in [7, 11) is 0. The molecule has 6 nitrogen and oxygen atoms in total. The summed E-state index contributed by atoms with van der Waals surface area (Å²) in [5, 5.41) is 13.4. The smallest absolute Gasteiger partial charge is 0.407 e. The summed E-state index contributed by atoms with van der Waals surface area (Å²) >= 11 is 0. The predicted octanol–water partition coefficient (Wildman–Crippen LogP) is 0.141. The molecule has 3 N–H and O–H groups in total. The Balaban J connectivity index is 1.72. The Kier molecular flexibility index (Phi) is 2.18. The predicted molar refractivity (Wildman–Crippen MR) is 45.9 cm³/mol. The second kappa shape index (κ2) is 3.36. The van der Waals surface area contributed by atoms with E-state index >= 15 is 0 Å². The van der Waals surface area contributed by atoms with E-state index in [0.29, 0.717) is 12.5 Å². The largest absolute Gasteiger partial charge is 0.465 e. The van der Waals surface area contributed by atoms with Crippen LogP contribution < -0.4 is 10.6 Å². The first-order valence-corrected chi connectivity index (χ1v) is 4.59. The number of hydrogen-bond acceptors (Lipinski definition) is 3.